The van der Waals surface area contributed by atoms with Crippen LogP contribution in [0.1, 0.15) is 18.0 Å². The summed E-state index contributed by atoms with van der Waals surface area (Å²) < 4.78 is 5.55. The first kappa shape index (κ1) is 9.49. The van der Waals surface area contributed by atoms with E-state index >= 15 is 0 Å². The Labute approximate surface area is 84.3 Å². The molecule has 0 radical (unpaired) electrons. The van der Waals surface area contributed by atoms with Crippen molar-refractivity contribution < 1.29 is 4.74 Å². The third-order valence-electron chi connectivity index (χ3n) is 2.47. The third kappa shape index (κ3) is 1.89. The fraction of sp³-hybridized carbons (Fsp3) is 0.455. The van der Waals surface area contributed by atoms with Crippen molar-refractivity contribution in [2.24, 2.45) is 5.73 Å². The molecule has 0 fully saturated rings. The van der Waals surface area contributed by atoms with Crippen molar-refractivity contribution in [2.45, 2.75) is 12.5 Å². The molecule has 1 heterocycles. The van der Waals surface area contributed by atoms with Gasteiger partial charge in [-0.15, -0.1) is 0 Å². The zero-order chi connectivity index (χ0) is 9.80. The molecule has 0 aliphatic carbocycles. The van der Waals surface area contributed by atoms with Crippen LogP contribution in [0.5, 0.6) is 5.75 Å². The van der Waals surface area contributed by atoms with Crippen molar-refractivity contribution in [3.63, 3.8) is 0 Å². The first-order chi connectivity index (χ1) is 6.92. The summed E-state index contributed by atoms with van der Waals surface area (Å²) in [7, 11) is 0. The zero-order valence-electron chi connectivity index (χ0n) is 8.20. The SMILES string of the molecule is NCCCNC1COc2ccccc21. The van der Waals surface area contributed by atoms with Crippen molar-refractivity contribution in [1.29, 1.82) is 0 Å². The van der Waals surface area contributed by atoms with Crippen molar-refractivity contribution >= 4 is 0 Å². The fourth-order valence-corrected chi connectivity index (χ4v) is 1.71. The van der Waals surface area contributed by atoms with E-state index in [9.17, 15) is 0 Å². The van der Waals surface area contributed by atoms with Gasteiger partial charge >= 0.3 is 0 Å². The highest BCUT2D eigenvalue weighted by Crippen LogP contribution is 2.31. The summed E-state index contributed by atoms with van der Waals surface area (Å²) >= 11 is 0. The second kappa shape index (κ2) is 4.44. The summed E-state index contributed by atoms with van der Waals surface area (Å²) in [4.78, 5) is 0. The minimum absolute atomic E-state index is 0.345. The average Bonchev–Trinajstić information content (AvgIpc) is 2.63. The normalized spacial score (nSPS) is 19.1. The van der Waals surface area contributed by atoms with Crippen LogP contribution in [-0.2, 0) is 0 Å². The predicted octanol–water partition coefficient (Wildman–Crippen LogP) is 1.06. The number of nitrogens with one attached hydrogen (secondary N) is 1. The molecule has 1 aliphatic heterocycles. The van der Waals surface area contributed by atoms with Crippen LogP contribution >= 0.6 is 0 Å². The van der Waals surface area contributed by atoms with Gasteiger partial charge < -0.3 is 15.8 Å². The molecule has 0 bridgehead atoms. The highest BCUT2D eigenvalue weighted by Gasteiger charge is 2.22. The number of hydrogen-bond donors (Lipinski definition) is 2. The zero-order valence-corrected chi connectivity index (χ0v) is 8.20. The van der Waals surface area contributed by atoms with Gasteiger partial charge in [0.05, 0.1) is 6.04 Å². The van der Waals surface area contributed by atoms with Crippen LogP contribution in [0.15, 0.2) is 24.3 Å². The van der Waals surface area contributed by atoms with Crippen molar-refractivity contribution in [2.75, 3.05) is 19.7 Å². The highest BCUT2D eigenvalue weighted by molar-refractivity contribution is 5.39. The molecule has 0 saturated carbocycles. The molecule has 1 atom stereocenters. The summed E-state index contributed by atoms with van der Waals surface area (Å²) in [6.45, 7) is 2.44. The van der Waals surface area contributed by atoms with E-state index in [-0.39, 0.29) is 0 Å². The van der Waals surface area contributed by atoms with Crippen LogP contribution in [0.4, 0.5) is 0 Å². The van der Waals surface area contributed by atoms with Gasteiger partial charge in [0.25, 0.3) is 0 Å². The Hall–Kier alpha value is -1.06. The smallest absolute Gasteiger partial charge is 0.124 e. The number of benzene rings is 1. The minimum Gasteiger partial charge on any atom is -0.491 e. The van der Waals surface area contributed by atoms with E-state index in [2.05, 4.69) is 11.4 Å². The molecule has 3 N–H and O–H groups in total. The van der Waals surface area contributed by atoms with Gasteiger partial charge in [-0.1, -0.05) is 18.2 Å². The van der Waals surface area contributed by atoms with E-state index in [0.717, 1.165) is 31.9 Å². The van der Waals surface area contributed by atoms with E-state index in [0.29, 0.717) is 6.04 Å². The van der Waals surface area contributed by atoms with E-state index in [1.807, 2.05) is 18.2 Å². The van der Waals surface area contributed by atoms with E-state index in [4.69, 9.17) is 10.5 Å². The van der Waals surface area contributed by atoms with Crippen molar-refractivity contribution in [3.05, 3.63) is 29.8 Å². The quantitative estimate of drug-likeness (QED) is 0.701. The first-order valence-corrected chi connectivity index (χ1v) is 5.07. The molecule has 76 valence electrons. The molecule has 0 amide bonds. The van der Waals surface area contributed by atoms with Crippen LogP contribution in [0.2, 0.25) is 0 Å². The Bertz CT molecular complexity index is 301. The maximum atomic E-state index is 5.55. The average molecular weight is 192 g/mol. The number of fused-ring (bicyclic) bond motifs is 1. The van der Waals surface area contributed by atoms with Gasteiger partial charge in [0.15, 0.2) is 0 Å². The van der Waals surface area contributed by atoms with Crippen molar-refractivity contribution in [1.82, 2.24) is 5.32 Å². The maximum absolute atomic E-state index is 5.55. The molecule has 2 rings (SSSR count). The van der Waals surface area contributed by atoms with Crippen molar-refractivity contribution in [3.8, 4) is 5.75 Å². The molecule has 1 unspecified atom stereocenters. The Morgan fingerprint density at radius 2 is 2.29 bits per heavy atom. The molecule has 3 nitrogen and oxygen atoms in total. The Balaban J connectivity index is 1.96. The number of nitrogens with two attached hydrogens (primary N) is 1. The lowest BCUT2D eigenvalue weighted by Gasteiger charge is -2.10. The topological polar surface area (TPSA) is 47.3 Å². The second-order valence-corrected chi connectivity index (χ2v) is 3.50. The summed E-state index contributed by atoms with van der Waals surface area (Å²) in [5.74, 6) is 1.01. The maximum Gasteiger partial charge on any atom is 0.124 e. The largest absolute Gasteiger partial charge is 0.491 e. The molecule has 1 aromatic rings. The number of para-hydroxylation sites is 1. The highest BCUT2D eigenvalue weighted by atomic mass is 16.5. The van der Waals surface area contributed by atoms with Crippen LogP contribution in [0, 0.1) is 0 Å². The molecule has 0 spiro atoms. The van der Waals surface area contributed by atoms with Crippen LogP contribution in [-0.4, -0.2) is 19.7 Å². The van der Waals surface area contributed by atoms with Crippen LogP contribution in [0.3, 0.4) is 0 Å². The number of rotatable bonds is 4. The first-order valence-electron chi connectivity index (χ1n) is 5.07. The Morgan fingerprint density at radius 3 is 3.14 bits per heavy atom. The Kier molecular flexibility index (Phi) is 3.01. The number of hydrogen-bond acceptors (Lipinski definition) is 3. The van der Waals surface area contributed by atoms with Gasteiger partial charge in [-0.3, -0.25) is 0 Å². The third-order valence-corrected chi connectivity index (χ3v) is 2.47. The molecule has 0 saturated heterocycles. The molecular weight excluding hydrogens is 176 g/mol. The second-order valence-electron chi connectivity index (χ2n) is 3.50. The van der Waals surface area contributed by atoms with Gasteiger partial charge in [0, 0.05) is 5.56 Å². The van der Waals surface area contributed by atoms with Gasteiger partial charge in [0.2, 0.25) is 0 Å². The summed E-state index contributed by atoms with van der Waals surface area (Å²) in [5, 5.41) is 3.43. The van der Waals surface area contributed by atoms with Gasteiger partial charge in [0.1, 0.15) is 12.4 Å². The minimum atomic E-state index is 0.345. The van der Waals surface area contributed by atoms with E-state index in [1.165, 1.54) is 5.56 Å². The Morgan fingerprint density at radius 1 is 1.43 bits per heavy atom. The van der Waals surface area contributed by atoms with Gasteiger partial charge in [-0.2, -0.15) is 0 Å². The molecule has 0 aromatic heterocycles. The van der Waals surface area contributed by atoms with Crippen LogP contribution < -0.4 is 15.8 Å². The van der Waals surface area contributed by atoms with Gasteiger partial charge in [-0.25, -0.2) is 0 Å². The molecule has 1 aliphatic rings. The van der Waals surface area contributed by atoms with Crippen LogP contribution in [0.25, 0.3) is 0 Å². The standard InChI is InChI=1S/C11H16N2O/c12-6-3-7-13-10-8-14-11-5-2-1-4-9(10)11/h1-2,4-5,10,13H,3,6-8,12H2. The summed E-state index contributed by atoms with van der Waals surface area (Å²) in [6, 6.07) is 8.52. The molecular formula is C11H16N2O. The number of ether oxygens (including phenoxy) is 1. The molecule has 14 heavy (non-hydrogen) atoms. The predicted molar refractivity (Wildman–Crippen MR) is 56.4 cm³/mol. The lowest BCUT2D eigenvalue weighted by Crippen LogP contribution is -2.24. The summed E-state index contributed by atoms with van der Waals surface area (Å²) in [5.41, 5.74) is 6.70. The fourth-order valence-electron chi connectivity index (χ4n) is 1.71. The lowest BCUT2D eigenvalue weighted by molar-refractivity contribution is 0.311. The monoisotopic (exact) mass is 192 g/mol. The lowest BCUT2D eigenvalue weighted by atomic mass is 10.1. The molecule has 1 aromatic carbocycles. The summed E-state index contributed by atoms with van der Waals surface area (Å²) in [6.07, 6.45) is 1.01. The van der Waals surface area contributed by atoms with Gasteiger partial charge in [-0.05, 0) is 25.6 Å². The van der Waals surface area contributed by atoms with E-state index in [1.54, 1.807) is 0 Å². The van der Waals surface area contributed by atoms with E-state index < -0.39 is 0 Å². The molecule has 3 heteroatoms.